The number of sulfonamides is 1. The second kappa shape index (κ2) is 13.6. The van der Waals surface area contributed by atoms with E-state index in [0.29, 0.717) is 12.8 Å². The molecular formula is C28H46BN3O6S. The number of benzene rings is 1. The Balaban J connectivity index is 1.89. The summed E-state index contributed by atoms with van der Waals surface area (Å²) in [6, 6.07) is 5.93. The predicted octanol–water partition coefficient (Wildman–Crippen LogP) is 2.79. The van der Waals surface area contributed by atoms with E-state index in [4.69, 9.17) is 0 Å². The van der Waals surface area contributed by atoms with Gasteiger partial charge >= 0.3 is 7.12 Å². The Morgan fingerprint density at radius 3 is 2.31 bits per heavy atom. The lowest BCUT2D eigenvalue weighted by Gasteiger charge is -2.36. The number of rotatable bonds is 13. The van der Waals surface area contributed by atoms with E-state index in [0.717, 1.165) is 50.5 Å². The number of nitrogens with zero attached hydrogens (tertiary/aromatic N) is 1. The van der Waals surface area contributed by atoms with Gasteiger partial charge in [0.1, 0.15) is 11.6 Å². The first-order valence-corrected chi connectivity index (χ1v) is 16.0. The molecule has 218 valence electrons. The van der Waals surface area contributed by atoms with Gasteiger partial charge in [0.15, 0.2) is 0 Å². The third-order valence-electron chi connectivity index (χ3n) is 8.55. The van der Waals surface area contributed by atoms with Crippen molar-refractivity contribution in [1.82, 2.24) is 14.9 Å². The van der Waals surface area contributed by atoms with Gasteiger partial charge in [-0.2, -0.15) is 4.72 Å². The lowest BCUT2D eigenvalue weighted by Crippen LogP contribution is -2.60. The average Bonchev–Trinajstić information content (AvgIpc) is 3.22. The monoisotopic (exact) mass is 563 g/mol. The topological polar surface area (TPSA) is 136 Å². The number of aryl methyl sites for hydroxylation is 1. The minimum atomic E-state index is -4.01. The zero-order valence-corrected chi connectivity index (χ0v) is 24.7. The Morgan fingerprint density at radius 2 is 1.77 bits per heavy atom. The van der Waals surface area contributed by atoms with Crippen LogP contribution in [0.2, 0.25) is 0 Å². The highest BCUT2D eigenvalue weighted by Crippen LogP contribution is 2.36. The van der Waals surface area contributed by atoms with E-state index in [1.54, 1.807) is 31.2 Å². The SMILES string of the molecule is CCCc1ccc(S(=O)(=O)NC2(C(C)C)CCN([C@H](CC3CCCCC3)C(=O)NC(CC)B(O)O)C2=O)cc1. The van der Waals surface area contributed by atoms with Crippen LogP contribution in [0.25, 0.3) is 0 Å². The molecule has 1 aliphatic heterocycles. The lowest BCUT2D eigenvalue weighted by molar-refractivity contribution is -0.142. The Kier molecular flexibility index (Phi) is 11.0. The molecule has 0 bridgehead atoms. The molecule has 1 saturated heterocycles. The molecule has 3 atom stereocenters. The second-order valence-corrected chi connectivity index (χ2v) is 13.2. The summed E-state index contributed by atoms with van der Waals surface area (Å²) >= 11 is 0. The van der Waals surface area contributed by atoms with Crippen LogP contribution in [0.5, 0.6) is 0 Å². The van der Waals surface area contributed by atoms with E-state index < -0.39 is 46.5 Å². The van der Waals surface area contributed by atoms with Crippen LogP contribution >= 0.6 is 0 Å². The van der Waals surface area contributed by atoms with Gasteiger partial charge in [-0.25, -0.2) is 8.42 Å². The highest BCUT2D eigenvalue weighted by Gasteiger charge is 2.54. The largest absolute Gasteiger partial charge is 0.475 e. The van der Waals surface area contributed by atoms with Gasteiger partial charge in [-0.1, -0.05) is 78.4 Å². The van der Waals surface area contributed by atoms with Crippen molar-refractivity contribution in [2.24, 2.45) is 11.8 Å². The summed E-state index contributed by atoms with van der Waals surface area (Å²) in [4.78, 5) is 29.3. The molecule has 39 heavy (non-hydrogen) atoms. The van der Waals surface area contributed by atoms with Crippen LogP contribution in [0.1, 0.15) is 91.0 Å². The van der Waals surface area contributed by atoms with Crippen molar-refractivity contribution in [3.05, 3.63) is 29.8 Å². The highest BCUT2D eigenvalue weighted by molar-refractivity contribution is 7.89. The van der Waals surface area contributed by atoms with Gasteiger partial charge in [-0.3, -0.25) is 9.59 Å². The summed E-state index contributed by atoms with van der Waals surface area (Å²) in [6.07, 6.45) is 8.09. The number of nitrogens with one attached hydrogen (secondary N) is 2. The summed E-state index contributed by atoms with van der Waals surface area (Å²) in [5, 5.41) is 22.1. The first-order chi connectivity index (χ1) is 18.4. The van der Waals surface area contributed by atoms with Crippen LogP contribution in [0.3, 0.4) is 0 Å². The number of hydrogen-bond donors (Lipinski definition) is 4. The van der Waals surface area contributed by atoms with E-state index in [9.17, 15) is 28.1 Å². The molecule has 2 aliphatic rings. The lowest BCUT2D eigenvalue weighted by atomic mass is 9.77. The van der Waals surface area contributed by atoms with Crippen molar-refractivity contribution in [3.8, 4) is 0 Å². The molecule has 2 fully saturated rings. The van der Waals surface area contributed by atoms with Crippen molar-refractivity contribution in [1.29, 1.82) is 0 Å². The van der Waals surface area contributed by atoms with Crippen LogP contribution in [0, 0.1) is 11.8 Å². The van der Waals surface area contributed by atoms with Crippen LogP contribution in [0.15, 0.2) is 29.2 Å². The number of amides is 2. The molecular weight excluding hydrogens is 517 g/mol. The predicted molar refractivity (Wildman–Crippen MR) is 152 cm³/mol. The Bertz CT molecular complexity index is 1080. The third-order valence-corrected chi connectivity index (χ3v) is 10.1. The summed E-state index contributed by atoms with van der Waals surface area (Å²) in [5.74, 6) is -1.77. The van der Waals surface area contributed by atoms with Gasteiger partial charge < -0.3 is 20.3 Å². The molecule has 1 aliphatic carbocycles. The fraction of sp³-hybridized carbons (Fsp3) is 0.714. The van der Waals surface area contributed by atoms with Crippen LogP contribution in [-0.4, -0.2) is 66.4 Å². The molecule has 1 heterocycles. The summed E-state index contributed by atoms with van der Waals surface area (Å²) in [6.45, 7) is 7.68. The number of carbonyl (C=O) groups excluding carboxylic acids is 2. The molecule has 1 saturated carbocycles. The summed E-state index contributed by atoms with van der Waals surface area (Å²) < 4.78 is 29.7. The maximum absolute atomic E-state index is 14.1. The minimum absolute atomic E-state index is 0.104. The van der Waals surface area contributed by atoms with Crippen LogP contribution in [-0.2, 0) is 26.0 Å². The van der Waals surface area contributed by atoms with Gasteiger partial charge in [-0.05, 0) is 55.2 Å². The van der Waals surface area contributed by atoms with Crippen LogP contribution < -0.4 is 10.0 Å². The quantitative estimate of drug-likeness (QED) is 0.273. The first kappa shape index (κ1) is 31.6. The fourth-order valence-corrected chi connectivity index (χ4v) is 7.53. The normalized spacial score (nSPS) is 22.2. The standard InChI is InChI=1S/C28H46BN3O6S/c1-5-10-21-13-15-23(16-14-21)39(37,38)31-28(20(3)4)17-18-32(27(28)34)24(19-22-11-8-7-9-12-22)26(33)30-25(6-2)29(35)36/h13-16,20,22,24-25,31,35-36H,5-12,17-19H2,1-4H3,(H,30,33)/t24-,25?,28?/m1/s1. The van der Waals surface area contributed by atoms with E-state index in [-0.39, 0.29) is 29.7 Å². The maximum atomic E-state index is 14.1. The molecule has 3 rings (SSSR count). The minimum Gasteiger partial charge on any atom is -0.426 e. The van der Waals surface area contributed by atoms with Gasteiger partial charge in [0.2, 0.25) is 21.8 Å². The fourth-order valence-electron chi connectivity index (χ4n) is 6.01. The van der Waals surface area contributed by atoms with Crippen molar-refractivity contribution in [2.45, 2.75) is 114 Å². The molecule has 2 amide bonds. The average molecular weight is 564 g/mol. The van der Waals surface area contributed by atoms with Crippen molar-refractivity contribution in [2.75, 3.05) is 6.54 Å². The van der Waals surface area contributed by atoms with Crippen molar-refractivity contribution in [3.63, 3.8) is 0 Å². The zero-order valence-electron chi connectivity index (χ0n) is 23.9. The van der Waals surface area contributed by atoms with Gasteiger partial charge in [0.05, 0.1) is 10.8 Å². The highest BCUT2D eigenvalue weighted by atomic mass is 32.2. The van der Waals surface area contributed by atoms with Gasteiger partial charge in [0, 0.05) is 6.54 Å². The molecule has 0 radical (unpaired) electrons. The van der Waals surface area contributed by atoms with E-state index in [1.165, 1.54) is 4.90 Å². The Morgan fingerprint density at radius 1 is 1.13 bits per heavy atom. The number of carbonyl (C=O) groups is 2. The second-order valence-electron chi connectivity index (χ2n) is 11.6. The van der Waals surface area contributed by atoms with E-state index in [2.05, 4.69) is 17.0 Å². The van der Waals surface area contributed by atoms with Gasteiger partial charge in [0.25, 0.3) is 0 Å². The number of hydrogen-bond acceptors (Lipinski definition) is 6. The van der Waals surface area contributed by atoms with E-state index >= 15 is 0 Å². The number of likely N-dealkylation sites (tertiary alicyclic amines) is 1. The zero-order chi connectivity index (χ0) is 28.8. The van der Waals surface area contributed by atoms with Crippen LogP contribution in [0.4, 0.5) is 0 Å². The molecule has 1 aromatic rings. The molecule has 1 aromatic carbocycles. The van der Waals surface area contributed by atoms with E-state index in [1.807, 2.05) is 13.8 Å². The Labute approximate surface area is 234 Å². The molecule has 4 N–H and O–H groups in total. The summed E-state index contributed by atoms with van der Waals surface area (Å²) in [7, 11) is -5.72. The van der Waals surface area contributed by atoms with Crippen molar-refractivity contribution < 1.29 is 28.1 Å². The molecule has 9 nitrogen and oxygen atoms in total. The Hall–Kier alpha value is -1.95. The summed E-state index contributed by atoms with van der Waals surface area (Å²) in [5.41, 5.74) is -0.333. The molecule has 11 heteroatoms. The third kappa shape index (κ3) is 7.42. The maximum Gasteiger partial charge on any atom is 0.475 e. The molecule has 0 spiro atoms. The smallest absolute Gasteiger partial charge is 0.426 e. The molecule has 2 unspecified atom stereocenters. The van der Waals surface area contributed by atoms with Crippen molar-refractivity contribution >= 4 is 29.0 Å². The van der Waals surface area contributed by atoms with Gasteiger partial charge in [-0.15, -0.1) is 0 Å². The first-order valence-electron chi connectivity index (χ1n) is 14.6. The molecule has 0 aromatic heterocycles.